The molecule has 9 nitrogen and oxygen atoms in total. The lowest BCUT2D eigenvalue weighted by Crippen LogP contribution is -2.30. The lowest BCUT2D eigenvalue weighted by atomic mass is 10.1. The van der Waals surface area contributed by atoms with Gasteiger partial charge in [-0.1, -0.05) is 35.9 Å². The molecular weight excluding hydrogens is 602 g/mol. The minimum Gasteiger partial charge on any atom is -0.493 e. The first-order valence-corrected chi connectivity index (χ1v) is 14.6. The van der Waals surface area contributed by atoms with Gasteiger partial charge in [-0.05, 0) is 78.4 Å². The summed E-state index contributed by atoms with van der Waals surface area (Å²) in [6, 6.07) is 25.8. The fourth-order valence-corrected chi connectivity index (χ4v) is 4.92. The number of anilines is 2. The van der Waals surface area contributed by atoms with Crippen molar-refractivity contribution in [1.29, 1.82) is 0 Å². The maximum atomic E-state index is 13.6. The molecule has 0 unspecified atom stereocenters. The van der Waals surface area contributed by atoms with Gasteiger partial charge in [0, 0.05) is 26.9 Å². The van der Waals surface area contributed by atoms with Crippen molar-refractivity contribution in [2.24, 2.45) is 0 Å². The first kappa shape index (κ1) is 32.0. The van der Waals surface area contributed by atoms with E-state index in [1.165, 1.54) is 39.2 Å². The van der Waals surface area contributed by atoms with E-state index in [2.05, 4.69) is 16.0 Å². The summed E-state index contributed by atoms with van der Waals surface area (Å²) in [6.07, 6.45) is 1.51. The number of hydrogen-bond acceptors (Lipinski definition) is 7. The van der Waals surface area contributed by atoms with Crippen molar-refractivity contribution in [1.82, 2.24) is 5.32 Å². The first-order chi connectivity index (χ1) is 21.3. The van der Waals surface area contributed by atoms with Crippen LogP contribution in [0.5, 0.6) is 17.2 Å². The van der Waals surface area contributed by atoms with Crippen molar-refractivity contribution in [2.75, 3.05) is 37.7 Å². The van der Waals surface area contributed by atoms with E-state index in [4.69, 9.17) is 25.8 Å². The van der Waals surface area contributed by atoms with E-state index in [0.29, 0.717) is 44.8 Å². The fraction of sp³-hybridized carbons (Fsp3) is 0.121. The van der Waals surface area contributed by atoms with Crippen LogP contribution in [0.25, 0.3) is 6.08 Å². The van der Waals surface area contributed by atoms with Gasteiger partial charge in [-0.3, -0.25) is 14.4 Å². The van der Waals surface area contributed by atoms with Crippen LogP contribution in [0.1, 0.15) is 15.9 Å². The van der Waals surface area contributed by atoms with Crippen LogP contribution in [0.4, 0.5) is 11.4 Å². The molecule has 0 bridgehead atoms. The first-order valence-electron chi connectivity index (χ1n) is 13.3. The van der Waals surface area contributed by atoms with E-state index in [1.54, 1.807) is 84.9 Å². The zero-order valence-electron chi connectivity index (χ0n) is 24.2. The van der Waals surface area contributed by atoms with Crippen molar-refractivity contribution in [2.45, 2.75) is 4.90 Å². The number of ether oxygens (including phenoxy) is 3. The van der Waals surface area contributed by atoms with Crippen LogP contribution in [0.3, 0.4) is 0 Å². The average Bonchev–Trinajstić information content (AvgIpc) is 3.04. The maximum Gasteiger partial charge on any atom is 0.272 e. The molecular formula is C33H30ClN3O6S. The fourth-order valence-electron chi connectivity index (χ4n) is 4.04. The molecule has 3 amide bonds. The highest BCUT2D eigenvalue weighted by Crippen LogP contribution is 2.38. The molecule has 4 aromatic carbocycles. The van der Waals surface area contributed by atoms with Crippen LogP contribution < -0.4 is 30.2 Å². The second-order valence-electron chi connectivity index (χ2n) is 9.16. The minimum atomic E-state index is -0.564. The number of nitrogens with one attached hydrogen (secondary N) is 3. The van der Waals surface area contributed by atoms with E-state index in [0.717, 1.165) is 4.90 Å². The summed E-state index contributed by atoms with van der Waals surface area (Å²) in [5, 5.41) is 8.95. The molecule has 0 spiro atoms. The number of methoxy groups -OCH3 is 3. The molecule has 0 aliphatic rings. The largest absolute Gasteiger partial charge is 0.493 e. The second-order valence-corrected chi connectivity index (χ2v) is 10.6. The number of benzene rings is 4. The van der Waals surface area contributed by atoms with E-state index in [1.807, 2.05) is 6.07 Å². The molecule has 0 aliphatic heterocycles. The quantitative estimate of drug-likeness (QED) is 0.121. The molecule has 0 heterocycles. The van der Waals surface area contributed by atoms with Gasteiger partial charge in [0.2, 0.25) is 11.7 Å². The Hall–Kier alpha value is -4.93. The smallest absolute Gasteiger partial charge is 0.272 e. The molecule has 0 fully saturated rings. The molecule has 0 atom stereocenters. The van der Waals surface area contributed by atoms with Crippen molar-refractivity contribution in [3.63, 3.8) is 0 Å². The van der Waals surface area contributed by atoms with Crippen LogP contribution in [0.2, 0.25) is 5.02 Å². The highest BCUT2D eigenvalue weighted by Gasteiger charge is 2.18. The summed E-state index contributed by atoms with van der Waals surface area (Å²) < 4.78 is 16.3. The third-order valence-electron chi connectivity index (χ3n) is 6.12. The molecule has 0 radical (unpaired) electrons. The number of rotatable bonds is 12. The Bertz CT molecular complexity index is 1640. The van der Waals surface area contributed by atoms with Gasteiger partial charge >= 0.3 is 0 Å². The van der Waals surface area contributed by atoms with Gasteiger partial charge < -0.3 is 30.2 Å². The van der Waals surface area contributed by atoms with Crippen LogP contribution in [0.15, 0.2) is 102 Å². The summed E-state index contributed by atoms with van der Waals surface area (Å²) in [6.45, 7) is 0. The van der Waals surface area contributed by atoms with Gasteiger partial charge in [0.1, 0.15) is 5.70 Å². The molecule has 3 N–H and O–H groups in total. The molecule has 0 saturated heterocycles. The van der Waals surface area contributed by atoms with Gasteiger partial charge in [-0.15, -0.1) is 11.8 Å². The van der Waals surface area contributed by atoms with E-state index in [-0.39, 0.29) is 17.4 Å². The van der Waals surface area contributed by atoms with E-state index < -0.39 is 11.8 Å². The topological polar surface area (TPSA) is 115 Å². The highest BCUT2D eigenvalue weighted by molar-refractivity contribution is 8.00. The second kappa shape index (κ2) is 15.5. The number of carbonyl (C=O) groups is 3. The summed E-state index contributed by atoms with van der Waals surface area (Å²) >= 11 is 7.21. The third-order valence-corrected chi connectivity index (χ3v) is 7.36. The Kier molecular flexibility index (Phi) is 11.3. The number of hydrogen-bond donors (Lipinski definition) is 3. The van der Waals surface area contributed by atoms with Gasteiger partial charge in [0.15, 0.2) is 11.5 Å². The van der Waals surface area contributed by atoms with Gasteiger partial charge in [-0.25, -0.2) is 0 Å². The molecule has 4 rings (SSSR count). The Morgan fingerprint density at radius 2 is 1.45 bits per heavy atom. The lowest BCUT2D eigenvalue weighted by molar-refractivity contribution is -0.114. The van der Waals surface area contributed by atoms with Gasteiger partial charge in [0.25, 0.3) is 11.8 Å². The molecule has 0 aliphatic carbocycles. The number of halogens is 1. The maximum absolute atomic E-state index is 13.6. The standard InChI is InChI=1S/C33H30ClN3O6S/c1-41-28-17-21(18-29(42-2)31(28)43-3)16-27(37-32(39)22-8-5-4-6-9-22)33(40)36-25-10-7-11-26(19-25)44-20-30(38)35-24-14-12-23(34)13-15-24/h4-19H,20H2,1-3H3,(H,35,38)(H,36,40)(H,37,39)/b27-16+. The molecule has 226 valence electrons. The summed E-state index contributed by atoms with van der Waals surface area (Å²) in [5.41, 5.74) is 2.00. The molecule has 44 heavy (non-hydrogen) atoms. The summed E-state index contributed by atoms with van der Waals surface area (Å²) in [5.74, 6) is 0.100. The predicted molar refractivity (Wildman–Crippen MR) is 174 cm³/mol. The highest BCUT2D eigenvalue weighted by atomic mass is 35.5. The van der Waals surface area contributed by atoms with Crippen LogP contribution in [0, 0.1) is 0 Å². The zero-order chi connectivity index (χ0) is 31.5. The number of carbonyl (C=O) groups excluding carboxylic acids is 3. The van der Waals surface area contributed by atoms with Crippen LogP contribution in [-0.2, 0) is 9.59 Å². The summed E-state index contributed by atoms with van der Waals surface area (Å²) in [7, 11) is 4.47. The van der Waals surface area contributed by atoms with Crippen molar-refractivity contribution < 1.29 is 28.6 Å². The molecule has 0 aromatic heterocycles. The number of amides is 3. The lowest BCUT2D eigenvalue weighted by Gasteiger charge is -2.15. The Labute approximate surface area is 264 Å². The SMILES string of the molecule is COc1cc(/C=C(/NC(=O)c2ccccc2)C(=O)Nc2cccc(SCC(=O)Nc3ccc(Cl)cc3)c2)cc(OC)c1OC. The van der Waals surface area contributed by atoms with Gasteiger partial charge in [-0.2, -0.15) is 0 Å². The van der Waals surface area contributed by atoms with Crippen molar-refractivity contribution >= 4 is 58.5 Å². The molecule has 0 saturated carbocycles. The van der Waals surface area contributed by atoms with Crippen molar-refractivity contribution in [3.8, 4) is 17.2 Å². The van der Waals surface area contributed by atoms with E-state index in [9.17, 15) is 14.4 Å². The molecule has 4 aromatic rings. The minimum absolute atomic E-state index is 0.0199. The Morgan fingerprint density at radius 1 is 0.773 bits per heavy atom. The van der Waals surface area contributed by atoms with Crippen LogP contribution >= 0.6 is 23.4 Å². The van der Waals surface area contributed by atoms with Crippen molar-refractivity contribution in [3.05, 3.63) is 113 Å². The normalized spacial score (nSPS) is 10.9. The Morgan fingerprint density at radius 3 is 2.09 bits per heavy atom. The number of thioether (sulfide) groups is 1. The van der Waals surface area contributed by atoms with E-state index >= 15 is 0 Å². The monoisotopic (exact) mass is 631 g/mol. The third kappa shape index (κ3) is 8.79. The Balaban J connectivity index is 1.54. The van der Waals surface area contributed by atoms with Gasteiger partial charge in [0.05, 0.1) is 27.1 Å². The molecule has 11 heteroatoms. The average molecular weight is 632 g/mol. The zero-order valence-corrected chi connectivity index (χ0v) is 25.8. The predicted octanol–water partition coefficient (Wildman–Crippen LogP) is 6.51. The summed E-state index contributed by atoms with van der Waals surface area (Å²) in [4.78, 5) is 39.8. The van der Waals surface area contributed by atoms with Crippen LogP contribution in [-0.4, -0.2) is 44.8 Å².